The number of benzene rings is 1. The van der Waals surface area contributed by atoms with Gasteiger partial charge in [-0.3, -0.25) is 4.79 Å². The molecule has 0 fully saturated rings. The summed E-state index contributed by atoms with van der Waals surface area (Å²) in [5.74, 6) is -1.60. The predicted octanol–water partition coefficient (Wildman–Crippen LogP) is 2.73. The molecule has 0 spiro atoms. The summed E-state index contributed by atoms with van der Waals surface area (Å²) in [7, 11) is 0. The van der Waals surface area contributed by atoms with E-state index in [0.717, 1.165) is 12.1 Å². The largest absolute Gasteiger partial charge is 0.294 e. The van der Waals surface area contributed by atoms with Gasteiger partial charge in [-0.1, -0.05) is 6.92 Å². The number of carbonyl (C=O) groups is 1. The van der Waals surface area contributed by atoms with Crippen LogP contribution in [-0.4, -0.2) is 5.78 Å². The molecule has 0 saturated carbocycles. The highest BCUT2D eigenvalue weighted by molar-refractivity contribution is 5.95. The molecular weight excluding hydrogens is 174 g/mol. The fourth-order valence-electron chi connectivity index (χ4n) is 1.32. The molecule has 0 bridgehead atoms. The third kappa shape index (κ3) is 1.74. The Morgan fingerprint density at radius 3 is 2.23 bits per heavy atom. The second-order valence-electron chi connectivity index (χ2n) is 2.79. The first-order valence-electron chi connectivity index (χ1n) is 4.05. The van der Waals surface area contributed by atoms with Gasteiger partial charge < -0.3 is 0 Å². The van der Waals surface area contributed by atoms with Crippen molar-refractivity contribution in [1.82, 2.24) is 0 Å². The number of ketones is 1. The quantitative estimate of drug-likeness (QED) is 0.646. The standard InChI is InChI=1S/C10H10F2O/c1-3-7-8(11)4-5-9(12)10(7)6(2)13/h4-5H,3H2,1-2H3. The van der Waals surface area contributed by atoms with Crippen LogP contribution < -0.4 is 0 Å². The van der Waals surface area contributed by atoms with Crippen LogP contribution >= 0.6 is 0 Å². The summed E-state index contributed by atoms with van der Waals surface area (Å²) in [6.45, 7) is 2.92. The molecule has 0 aliphatic rings. The summed E-state index contributed by atoms with van der Waals surface area (Å²) in [5.41, 5.74) is 0.0370. The Balaban J connectivity index is 3.43. The summed E-state index contributed by atoms with van der Waals surface area (Å²) in [4.78, 5) is 11.0. The first-order valence-corrected chi connectivity index (χ1v) is 4.05. The van der Waals surface area contributed by atoms with Gasteiger partial charge in [0.15, 0.2) is 5.78 Å². The van der Waals surface area contributed by atoms with E-state index < -0.39 is 17.4 Å². The summed E-state index contributed by atoms with van der Waals surface area (Å²) in [6.07, 6.45) is 0.318. The van der Waals surface area contributed by atoms with E-state index in [2.05, 4.69) is 0 Å². The number of Topliss-reactive ketones (excluding diaryl/α,β-unsaturated/α-hetero) is 1. The van der Waals surface area contributed by atoms with Crippen LogP contribution in [0.1, 0.15) is 29.8 Å². The van der Waals surface area contributed by atoms with Crippen LogP contribution in [0.5, 0.6) is 0 Å². The Morgan fingerprint density at radius 1 is 1.31 bits per heavy atom. The molecule has 0 aliphatic heterocycles. The van der Waals surface area contributed by atoms with Crippen LogP contribution in [0.25, 0.3) is 0 Å². The van der Waals surface area contributed by atoms with Gasteiger partial charge in [-0.2, -0.15) is 0 Å². The van der Waals surface area contributed by atoms with Gasteiger partial charge in [0.1, 0.15) is 11.6 Å². The predicted molar refractivity (Wildman–Crippen MR) is 45.7 cm³/mol. The summed E-state index contributed by atoms with van der Waals surface area (Å²) >= 11 is 0. The van der Waals surface area contributed by atoms with Gasteiger partial charge in [-0.15, -0.1) is 0 Å². The van der Waals surface area contributed by atoms with Gasteiger partial charge in [0, 0.05) is 5.56 Å². The molecule has 1 rings (SSSR count). The zero-order valence-electron chi connectivity index (χ0n) is 7.53. The van der Waals surface area contributed by atoms with Crippen molar-refractivity contribution in [3.05, 3.63) is 34.9 Å². The molecule has 1 nitrogen and oxygen atoms in total. The minimum atomic E-state index is -0.647. The molecule has 0 aromatic heterocycles. The minimum absolute atomic E-state index is 0.123. The van der Waals surface area contributed by atoms with Crippen LogP contribution in [0.2, 0.25) is 0 Å². The molecule has 0 saturated heterocycles. The topological polar surface area (TPSA) is 17.1 Å². The van der Waals surface area contributed by atoms with Crippen molar-refractivity contribution < 1.29 is 13.6 Å². The van der Waals surface area contributed by atoms with Crippen LogP contribution in [0.15, 0.2) is 12.1 Å². The molecule has 13 heavy (non-hydrogen) atoms. The van der Waals surface area contributed by atoms with Gasteiger partial charge >= 0.3 is 0 Å². The molecule has 0 N–H and O–H groups in total. The average molecular weight is 184 g/mol. The molecule has 3 heteroatoms. The van der Waals surface area contributed by atoms with E-state index in [0.29, 0.717) is 6.42 Å². The number of halogens is 2. The van der Waals surface area contributed by atoms with E-state index in [1.54, 1.807) is 6.92 Å². The highest BCUT2D eigenvalue weighted by Gasteiger charge is 2.15. The van der Waals surface area contributed by atoms with Crippen molar-refractivity contribution in [2.24, 2.45) is 0 Å². The molecule has 0 heterocycles. The Bertz CT molecular complexity index is 345. The lowest BCUT2D eigenvalue weighted by atomic mass is 10.0. The lowest BCUT2D eigenvalue weighted by molar-refractivity contribution is 0.101. The normalized spacial score (nSPS) is 10.2. The van der Waals surface area contributed by atoms with E-state index in [-0.39, 0.29) is 11.1 Å². The SMILES string of the molecule is CCc1c(F)ccc(F)c1C(C)=O. The maximum Gasteiger partial charge on any atom is 0.163 e. The Morgan fingerprint density at radius 2 is 1.85 bits per heavy atom. The number of rotatable bonds is 2. The van der Waals surface area contributed by atoms with Crippen molar-refractivity contribution in [3.8, 4) is 0 Å². The summed E-state index contributed by atoms with van der Waals surface area (Å²) < 4.78 is 26.2. The van der Waals surface area contributed by atoms with Crippen molar-refractivity contribution >= 4 is 5.78 Å². The van der Waals surface area contributed by atoms with E-state index in [9.17, 15) is 13.6 Å². The summed E-state index contributed by atoms with van der Waals surface area (Å²) in [6, 6.07) is 2.02. The first kappa shape index (κ1) is 9.84. The minimum Gasteiger partial charge on any atom is -0.294 e. The average Bonchev–Trinajstić information content (AvgIpc) is 2.07. The van der Waals surface area contributed by atoms with E-state index in [1.807, 2.05) is 0 Å². The molecule has 1 aromatic rings. The fourth-order valence-corrected chi connectivity index (χ4v) is 1.32. The third-order valence-corrected chi connectivity index (χ3v) is 1.91. The van der Waals surface area contributed by atoms with Gasteiger partial charge in [-0.05, 0) is 25.5 Å². The van der Waals surface area contributed by atoms with Gasteiger partial charge in [0.25, 0.3) is 0 Å². The highest BCUT2D eigenvalue weighted by Crippen LogP contribution is 2.18. The van der Waals surface area contributed by atoms with E-state index in [4.69, 9.17) is 0 Å². The molecular formula is C10H10F2O. The van der Waals surface area contributed by atoms with Crippen LogP contribution in [-0.2, 0) is 6.42 Å². The van der Waals surface area contributed by atoms with Crippen molar-refractivity contribution in [2.75, 3.05) is 0 Å². The van der Waals surface area contributed by atoms with E-state index >= 15 is 0 Å². The molecule has 0 atom stereocenters. The maximum atomic E-state index is 13.1. The number of hydrogen-bond donors (Lipinski definition) is 0. The van der Waals surface area contributed by atoms with Crippen molar-refractivity contribution in [2.45, 2.75) is 20.3 Å². The second-order valence-corrected chi connectivity index (χ2v) is 2.79. The lowest BCUT2D eigenvalue weighted by Crippen LogP contribution is -2.05. The first-order chi connectivity index (χ1) is 6.07. The maximum absolute atomic E-state index is 13.1. The monoisotopic (exact) mass is 184 g/mol. The fraction of sp³-hybridized carbons (Fsp3) is 0.300. The zero-order valence-corrected chi connectivity index (χ0v) is 7.53. The van der Waals surface area contributed by atoms with Crippen molar-refractivity contribution in [3.63, 3.8) is 0 Å². The Hall–Kier alpha value is -1.25. The molecule has 1 aromatic carbocycles. The smallest absolute Gasteiger partial charge is 0.163 e. The van der Waals surface area contributed by atoms with Crippen LogP contribution in [0, 0.1) is 11.6 Å². The molecule has 0 aliphatic carbocycles. The van der Waals surface area contributed by atoms with Crippen LogP contribution in [0.3, 0.4) is 0 Å². The van der Waals surface area contributed by atoms with Gasteiger partial charge in [0.2, 0.25) is 0 Å². The van der Waals surface area contributed by atoms with Gasteiger partial charge in [0.05, 0.1) is 5.56 Å². The van der Waals surface area contributed by atoms with E-state index in [1.165, 1.54) is 6.92 Å². The molecule has 0 amide bonds. The van der Waals surface area contributed by atoms with Crippen molar-refractivity contribution in [1.29, 1.82) is 0 Å². The molecule has 0 radical (unpaired) electrons. The number of carbonyl (C=O) groups excluding carboxylic acids is 1. The summed E-state index contributed by atoms with van der Waals surface area (Å²) in [5, 5.41) is 0. The molecule has 70 valence electrons. The third-order valence-electron chi connectivity index (χ3n) is 1.91. The highest BCUT2D eigenvalue weighted by atomic mass is 19.1. The number of hydrogen-bond acceptors (Lipinski definition) is 1. The molecule has 0 unspecified atom stereocenters. The lowest BCUT2D eigenvalue weighted by Gasteiger charge is -2.06. The van der Waals surface area contributed by atoms with Crippen LogP contribution in [0.4, 0.5) is 8.78 Å². The Kier molecular flexibility index (Phi) is 2.76. The second kappa shape index (κ2) is 3.64. The Labute approximate surface area is 75.4 Å². The van der Waals surface area contributed by atoms with Gasteiger partial charge in [-0.25, -0.2) is 8.78 Å². The zero-order chi connectivity index (χ0) is 10.0.